The summed E-state index contributed by atoms with van der Waals surface area (Å²) in [5.74, 6) is -0.0294. The van der Waals surface area contributed by atoms with E-state index in [0.29, 0.717) is 37.9 Å². The second kappa shape index (κ2) is 8.66. The summed E-state index contributed by atoms with van der Waals surface area (Å²) < 4.78 is 32.0. The molecule has 0 saturated carbocycles. The van der Waals surface area contributed by atoms with E-state index in [1.807, 2.05) is 0 Å². The van der Waals surface area contributed by atoms with Gasteiger partial charge >= 0.3 is 0 Å². The average molecular weight is 410 g/mol. The van der Waals surface area contributed by atoms with Gasteiger partial charge in [0.05, 0.1) is 18.1 Å². The van der Waals surface area contributed by atoms with Crippen molar-refractivity contribution in [1.82, 2.24) is 14.5 Å². The Labute approximate surface area is 158 Å². The predicted octanol–water partition coefficient (Wildman–Crippen LogP) is 0.583. The van der Waals surface area contributed by atoms with Crippen LogP contribution >= 0.6 is 24.0 Å². The van der Waals surface area contributed by atoms with E-state index in [9.17, 15) is 13.2 Å². The van der Waals surface area contributed by atoms with Gasteiger partial charge in [-0.3, -0.25) is 4.79 Å². The first-order valence-corrected chi connectivity index (χ1v) is 9.66. The number of halogens is 2. The monoisotopic (exact) mass is 409 g/mol. The first-order chi connectivity index (χ1) is 11.5. The first kappa shape index (κ1) is 20.4. The van der Waals surface area contributed by atoms with Crippen molar-refractivity contribution in [2.75, 3.05) is 45.9 Å². The van der Waals surface area contributed by atoms with E-state index in [1.165, 1.54) is 16.4 Å². The molecule has 0 spiro atoms. The first-order valence-electron chi connectivity index (χ1n) is 7.84. The van der Waals surface area contributed by atoms with Crippen LogP contribution in [0, 0.1) is 0 Å². The second-order valence-corrected chi connectivity index (χ2v) is 8.14. The predicted molar refractivity (Wildman–Crippen MR) is 96.6 cm³/mol. The molecule has 0 bridgehead atoms. The Bertz CT molecular complexity index is 685. The highest BCUT2D eigenvalue weighted by Gasteiger charge is 2.33. The standard InChI is InChI=1S/C15H20ClN3O4S.ClH/c16-12-1-3-13(4-2-12)24(21,22)19-8-6-18(7-9-19)15(20)14-11-23-10-5-17-14;/h1-4,14,17H,5-11H2;1H. The highest BCUT2D eigenvalue weighted by Crippen LogP contribution is 2.20. The molecule has 1 amide bonds. The minimum Gasteiger partial charge on any atom is -0.378 e. The Hall–Kier alpha value is -0.900. The van der Waals surface area contributed by atoms with Crippen LogP contribution in [0.15, 0.2) is 29.2 Å². The summed E-state index contributed by atoms with van der Waals surface area (Å²) in [4.78, 5) is 14.3. The van der Waals surface area contributed by atoms with Crippen LogP contribution in [-0.2, 0) is 19.6 Å². The summed E-state index contributed by atoms with van der Waals surface area (Å²) in [5.41, 5.74) is 0. The summed E-state index contributed by atoms with van der Waals surface area (Å²) in [5, 5.41) is 3.62. The van der Waals surface area contributed by atoms with Crippen molar-refractivity contribution >= 4 is 39.9 Å². The Balaban J connectivity index is 0.00000225. The van der Waals surface area contributed by atoms with Crippen molar-refractivity contribution in [2.24, 2.45) is 0 Å². The Morgan fingerprint density at radius 1 is 1.16 bits per heavy atom. The van der Waals surface area contributed by atoms with E-state index < -0.39 is 10.0 Å². The van der Waals surface area contributed by atoms with Crippen molar-refractivity contribution in [1.29, 1.82) is 0 Å². The second-order valence-electron chi connectivity index (χ2n) is 5.76. The van der Waals surface area contributed by atoms with Crippen LogP contribution in [0.5, 0.6) is 0 Å². The van der Waals surface area contributed by atoms with Gasteiger partial charge in [-0.1, -0.05) is 11.6 Å². The maximum absolute atomic E-state index is 12.6. The lowest BCUT2D eigenvalue weighted by Crippen LogP contribution is -2.57. The number of carbonyl (C=O) groups excluding carboxylic acids is 1. The number of morpholine rings is 1. The van der Waals surface area contributed by atoms with E-state index >= 15 is 0 Å². The molecule has 1 atom stereocenters. The Kier molecular flexibility index (Phi) is 7.07. The van der Waals surface area contributed by atoms with Gasteiger partial charge in [-0.25, -0.2) is 8.42 Å². The number of hydrogen-bond donors (Lipinski definition) is 1. The molecule has 2 aliphatic rings. The molecular formula is C15H21Cl2N3O4S. The van der Waals surface area contributed by atoms with Crippen LogP contribution in [-0.4, -0.2) is 75.5 Å². The molecule has 3 rings (SSSR count). The van der Waals surface area contributed by atoms with Crippen LogP contribution < -0.4 is 5.32 Å². The van der Waals surface area contributed by atoms with Gasteiger partial charge in [-0.05, 0) is 24.3 Å². The maximum atomic E-state index is 12.6. The fraction of sp³-hybridized carbons (Fsp3) is 0.533. The highest BCUT2D eigenvalue weighted by atomic mass is 35.5. The summed E-state index contributed by atoms with van der Waals surface area (Å²) in [6.07, 6.45) is 0. The molecule has 10 heteroatoms. The Morgan fingerprint density at radius 2 is 1.80 bits per heavy atom. The molecule has 2 fully saturated rings. The van der Waals surface area contributed by atoms with Crippen LogP contribution in [0.25, 0.3) is 0 Å². The molecule has 1 N–H and O–H groups in total. The van der Waals surface area contributed by atoms with Crippen LogP contribution in [0.2, 0.25) is 5.02 Å². The third-order valence-electron chi connectivity index (χ3n) is 4.22. The van der Waals surface area contributed by atoms with E-state index in [0.717, 1.165) is 0 Å². The highest BCUT2D eigenvalue weighted by molar-refractivity contribution is 7.89. The number of nitrogens with one attached hydrogen (secondary N) is 1. The normalized spacial score (nSPS) is 22.3. The van der Waals surface area contributed by atoms with Crippen molar-refractivity contribution < 1.29 is 17.9 Å². The van der Waals surface area contributed by atoms with Gasteiger partial charge < -0.3 is 15.0 Å². The summed E-state index contributed by atoms with van der Waals surface area (Å²) in [6.45, 7) is 2.95. The zero-order valence-corrected chi connectivity index (χ0v) is 15.9. The summed E-state index contributed by atoms with van der Waals surface area (Å²) >= 11 is 5.81. The van der Waals surface area contributed by atoms with Crippen LogP contribution in [0.3, 0.4) is 0 Å². The number of rotatable bonds is 3. The quantitative estimate of drug-likeness (QED) is 0.789. The topological polar surface area (TPSA) is 79.0 Å². The molecule has 0 radical (unpaired) electrons. The third-order valence-corrected chi connectivity index (χ3v) is 6.39. The van der Waals surface area contributed by atoms with Crippen molar-refractivity contribution in [3.05, 3.63) is 29.3 Å². The van der Waals surface area contributed by atoms with Crippen molar-refractivity contribution in [2.45, 2.75) is 10.9 Å². The van der Waals surface area contributed by atoms with Gasteiger partial charge in [0.15, 0.2) is 0 Å². The number of benzene rings is 1. The van der Waals surface area contributed by atoms with Gasteiger partial charge in [0.25, 0.3) is 0 Å². The van der Waals surface area contributed by atoms with E-state index in [4.69, 9.17) is 16.3 Å². The number of piperazine rings is 1. The largest absolute Gasteiger partial charge is 0.378 e. The average Bonchev–Trinajstić information content (AvgIpc) is 2.62. The molecule has 140 valence electrons. The van der Waals surface area contributed by atoms with Gasteiger partial charge in [0.2, 0.25) is 15.9 Å². The molecule has 0 aliphatic carbocycles. The van der Waals surface area contributed by atoms with Crippen molar-refractivity contribution in [3.8, 4) is 0 Å². The lowest BCUT2D eigenvalue weighted by molar-refractivity contribution is -0.137. The Morgan fingerprint density at radius 3 is 2.36 bits per heavy atom. The molecule has 0 aromatic heterocycles. The number of amides is 1. The zero-order chi connectivity index (χ0) is 17.2. The molecule has 1 unspecified atom stereocenters. The lowest BCUT2D eigenvalue weighted by Gasteiger charge is -2.36. The summed E-state index contributed by atoms with van der Waals surface area (Å²) in [7, 11) is -3.56. The smallest absolute Gasteiger partial charge is 0.243 e. The fourth-order valence-corrected chi connectivity index (χ4v) is 4.40. The molecular weight excluding hydrogens is 389 g/mol. The van der Waals surface area contributed by atoms with Crippen molar-refractivity contribution in [3.63, 3.8) is 0 Å². The van der Waals surface area contributed by atoms with Gasteiger partial charge in [0, 0.05) is 37.7 Å². The molecule has 25 heavy (non-hydrogen) atoms. The zero-order valence-electron chi connectivity index (χ0n) is 13.6. The number of carbonyl (C=O) groups is 1. The fourth-order valence-electron chi connectivity index (χ4n) is 2.85. The van der Waals surface area contributed by atoms with E-state index in [1.54, 1.807) is 17.0 Å². The number of ether oxygens (including phenoxy) is 1. The molecule has 7 nitrogen and oxygen atoms in total. The van der Waals surface area contributed by atoms with Gasteiger partial charge in [-0.2, -0.15) is 4.31 Å². The number of sulfonamides is 1. The SMILES string of the molecule is Cl.O=C(C1COCCN1)N1CCN(S(=O)(=O)c2ccc(Cl)cc2)CC1. The summed E-state index contributed by atoms with van der Waals surface area (Å²) in [6, 6.07) is 5.78. The van der Waals surface area contributed by atoms with Gasteiger partial charge in [-0.15, -0.1) is 12.4 Å². The molecule has 1 aromatic rings. The van der Waals surface area contributed by atoms with Gasteiger partial charge in [0.1, 0.15) is 6.04 Å². The number of nitrogens with zero attached hydrogens (tertiary/aromatic N) is 2. The molecule has 2 saturated heterocycles. The minimum atomic E-state index is -3.56. The molecule has 1 aromatic carbocycles. The van der Waals surface area contributed by atoms with Crippen LogP contribution in [0.1, 0.15) is 0 Å². The van der Waals surface area contributed by atoms with Crippen LogP contribution in [0.4, 0.5) is 0 Å². The minimum absolute atomic E-state index is 0. The molecule has 2 aliphatic heterocycles. The third kappa shape index (κ3) is 4.64. The maximum Gasteiger partial charge on any atom is 0.243 e. The number of hydrogen-bond acceptors (Lipinski definition) is 5. The van der Waals surface area contributed by atoms with E-state index in [-0.39, 0.29) is 42.3 Å². The lowest BCUT2D eigenvalue weighted by atomic mass is 10.2. The molecule has 2 heterocycles. The van der Waals surface area contributed by atoms with E-state index in [2.05, 4.69) is 5.32 Å².